The predicted molar refractivity (Wildman–Crippen MR) is 37.7 cm³/mol. The van der Waals surface area contributed by atoms with E-state index in [9.17, 15) is 0 Å². The van der Waals surface area contributed by atoms with Crippen molar-refractivity contribution in [3.63, 3.8) is 0 Å². The topological polar surface area (TPSA) is 30.2 Å². The van der Waals surface area contributed by atoms with Crippen LogP contribution in [0.5, 0.6) is 0 Å². The molecule has 2 rings (SSSR count). The van der Waals surface area contributed by atoms with Gasteiger partial charge in [0.05, 0.1) is 11.7 Å². The zero-order valence-electron chi connectivity index (χ0n) is 5.65. The Kier molecular flexibility index (Phi) is 0.974. The van der Waals surface area contributed by atoms with Gasteiger partial charge in [-0.2, -0.15) is 5.10 Å². The zero-order chi connectivity index (χ0) is 6.97. The summed E-state index contributed by atoms with van der Waals surface area (Å²) in [4.78, 5) is 3.89. The lowest BCUT2D eigenvalue weighted by Crippen LogP contribution is -1.87. The van der Waals surface area contributed by atoms with Crippen LogP contribution in [0.25, 0.3) is 5.52 Å². The molecule has 2 heterocycles. The Balaban J connectivity index is 2.88. The quantitative estimate of drug-likeness (QED) is 0.537. The molecule has 0 saturated heterocycles. The first-order valence-electron chi connectivity index (χ1n) is 3.11. The number of nitrogens with zero attached hydrogens (tertiary/aromatic N) is 3. The van der Waals surface area contributed by atoms with E-state index in [0.717, 1.165) is 5.52 Å². The molecule has 0 bridgehead atoms. The molecule has 0 atom stereocenters. The van der Waals surface area contributed by atoms with Crippen LogP contribution in [0.3, 0.4) is 0 Å². The van der Waals surface area contributed by atoms with Crippen molar-refractivity contribution in [1.29, 1.82) is 0 Å². The van der Waals surface area contributed by atoms with Gasteiger partial charge in [-0.25, -0.2) is 9.50 Å². The highest BCUT2D eigenvalue weighted by molar-refractivity contribution is 5.46. The van der Waals surface area contributed by atoms with Gasteiger partial charge in [0, 0.05) is 6.20 Å². The first-order chi connectivity index (χ1) is 4.86. The summed E-state index contributed by atoms with van der Waals surface area (Å²) >= 11 is 0. The van der Waals surface area contributed by atoms with E-state index in [1.807, 2.05) is 23.7 Å². The Labute approximate surface area is 58.3 Å². The van der Waals surface area contributed by atoms with E-state index in [0.29, 0.717) is 0 Å². The van der Waals surface area contributed by atoms with Gasteiger partial charge in [0.2, 0.25) is 0 Å². The average Bonchev–Trinajstić information content (AvgIpc) is 2.27. The summed E-state index contributed by atoms with van der Waals surface area (Å²) in [6.07, 6.45) is 5.30. The van der Waals surface area contributed by atoms with E-state index in [2.05, 4.69) is 10.1 Å². The highest BCUT2D eigenvalue weighted by Gasteiger charge is 1.92. The Bertz CT molecular complexity index is 317. The summed E-state index contributed by atoms with van der Waals surface area (Å²) < 4.78 is 1.81. The van der Waals surface area contributed by atoms with E-state index in [1.165, 1.54) is 11.9 Å². The van der Waals surface area contributed by atoms with Gasteiger partial charge in [-0.3, -0.25) is 0 Å². The van der Waals surface area contributed by atoms with Crippen molar-refractivity contribution in [2.45, 2.75) is 6.92 Å². The second-order valence-electron chi connectivity index (χ2n) is 2.30. The number of hydrogen-bond acceptors (Lipinski definition) is 2. The van der Waals surface area contributed by atoms with Crippen molar-refractivity contribution in [1.82, 2.24) is 14.6 Å². The summed E-state index contributed by atoms with van der Waals surface area (Å²) in [5.41, 5.74) is 2.25. The Hall–Kier alpha value is -1.38. The largest absolute Gasteiger partial charge is 0.241 e. The zero-order valence-corrected chi connectivity index (χ0v) is 5.65. The molecule has 0 saturated carbocycles. The lowest BCUT2D eigenvalue weighted by atomic mass is 10.4. The van der Waals surface area contributed by atoms with E-state index in [1.54, 1.807) is 6.20 Å². The molecular weight excluding hydrogens is 126 g/mol. The smallest absolute Gasteiger partial charge is 0.136 e. The molecule has 50 valence electrons. The monoisotopic (exact) mass is 133 g/mol. The van der Waals surface area contributed by atoms with Crippen molar-refractivity contribution in [3.8, 4) is 0 Å². The average molecular weight is 133 g/mol. The van der Waals surface area contributed by atoms with Gasteiger partial charge in [0.25, 0.3) is 0 Å². The summed E-state index contributed by atoms with van der Waals surface area (Å²) in [6, 6.07) is 2.04. The standard InChI is InChI=1S/C7H7N3/c1-6-2-7-3-8-5-9-10(7)4-6/h2-5H,1H3. The fraction of sp³-hybridized carbons (Fsp3) is 0.143. The van der Waals surface area contributed by atoms with Crippen molar-refractivity contribution in [2.75, 3.05) is 0 Å². The molecule has 0 aliphatic carbocycles. The minimum Gasteiger partial charge on any atom is -0.241 e. The molecule has 0 radical (unpaired) electrons. The normalized spacial score (nSPS) is 10.5. The minimum atomic E-state index is 1.04. The highest BCUT2D eigenvalue weighted by atomic mass is 15.2. The summed E-state index contributed by atoms with van der Waals surface area (Å²) in [7, 11) is 0. The molecule has 0 N–H and O–H groups in total. The molecule has 0 aromatic carbocycles. The van der Waals surface area contributed by atoms with Crippen LogP contribution in [-0.2, 0) is 0 Å². The van der Waals surface area contributed by atoms with Gasteiger partial charge in [-0.15, -0.1) is 0 Å². The number of hydrogen-bond donors (Lipinski definition) is 0. The fourth-order valence-corrected chi connectivity index (χ4v) is 0.996. The number of rotatable bonds is 0. The highest BCUT2D eigenvalue weighted by Crippen LogP contribution is 2.03. The second kappa shape index (κ2) is 1.80. The van der Waals surface area contributed by atoms with Crippen LogP contribution in [0, 0.1) is 6.92 Å². The maximum atomic E-state index is 4.01. The van der Waals surface area contributed by atoms with E-state index in [-0.39, 0.29) is 0 Å². The Morgan fingerprint density at radius 3 is 3.20 bits per heavy atom. The van der Waals surface area contributed by atoms with Gasteiger partial charge in [0.1, 0.15) is 6.33 Å². The van der Waals surface area contributed by atoms with Crippen LogP contribution in [0.15, 0.2) is 24.8 Å². The molecular formula is C7H7N3. The van der Waals surface area contributed by atoms with E-state index >= 15 is 0 Å². The molecule has 0 amide bonds. The molecule has 10 heavy (non-hydrogen) atoms. The molecule has 0 spiro atoms. The Morgan fingerprint density at radius 2 is 2.40 bits per heavy atom. The van der Waals surface area contributed by atoms with Crippen molar-refractivity contribution >= 4 is 5.52 Å². The molecule has 2 aromatic heterocycles. The molecule has 0 fully saturated rings. The van der Waals surface area contributed by atoms with Crippen LogP contribution in [0.1, 0.15) is 5.56 Å². The second-order valence-corrected chi connectivity index (χ2v) is 2.30. The number of aromatic nitrogens is 3. The van der Waals surface area contributed by atoms with Crippen LogP contribution in [0.4, 0.5) is 0 Å². The van der Waals surface area contributed by atoms with Crippen LogP contribution in [-0.4, -0.2) is 14.6 Å². The molecule has 0 aliphatic heterocycles. The van der Waals surface area contributed by atoms with Gasteiger partial charge in [-0.1, -0.05) is 0 Å². The Morgan fingerprint density at radius 1 is 1.50 bits per heavy atom. The first kappa shape index (κ1) is 5.41. The number of fused-ring (bicyclic) bond motifs is 1. The molecule has 0 unspecified atom stereocenters. The van der Waals surface area contributed by atoms with Gasteiger partial charge in [0.15, 0.2) is 0 Å². The molecule has 2 aromatic rings. The molecule has 3 heteroatoms. The van der Waals surface area contributed by atoms with Crippen LogP contribution < -0.4 is 0 Å². The van der Waals surface area contributed by atoms with Gasteiger partial charge in [-0.05, 0) is 18.6 Å². The summed E-state index contributed by atoms with van der Waals surface area (Å²) in [6.45, 7) is 2.04. The lowest BCUT2D eigenvalue weighted by molar-refractivity contribution is 0.901. The molecule has 0 aliphatic rings. The predicted octanol–water partition coefficient (Wildman–Crippen LogP) is 1.04. The summed E-state index contributed by atoms with van der Waals surface area (Å²) in [5, 5.41) is 4.01. The first-order valence-corrected chi connectivity index (χ1v) is 3.11. The van der Waals surface area contributed by atoms with Gasteiger partial charge >= 0.3 is 0 Å². The van der Waals surface area contributed by atoms with Crippen molar-refractivity contribution in [2.24, 2.45) is 0 Å². The number of aryl methyl sites for hydroxylation is 1. The maximum absolute atomic E-state index is 4.01. The lowest BCUT2D eigenvalue weighted by Gasteiger charge is -1.86. The summed E-state index contributed by atoms with van der Waals surface area (Å²) in [5.74, 6) is 0. The van der Waals surface area contributed by atoms with Crippen LogP contribution >= 0.6 is 0 Å². The maximum Gasteiger partial charge on any atom is 0.136 e. The fourth-order valence-electron chi connectivity index (χ4n) is 0.996. The van der Waals surface area contributed by atoms with E-state index in [4.69, 9.17) is 0 Å². The van der Waals surface area contributed by atoms with Crippen molar-refractivity contribution < 1.29 is 0 Å². The van der Waals surface area contributed by atoms with Crippen molar-refractivity contribution in [3.05, 3.63) is 30.4 Å². The van der Waals surface area contributed by atoms with Crippen LogP contribution in [0.2, 0.25) is 0 Å². The third-order valence-electron chi connectivity index (χ3n) is 1.42. The third kappa shape index (κ3) is 0.673. The SMILES string of the molecule is Cc1cc2cncnn2c1. The minimum absolute atomic E-state index is 1.04. The third-order valence-corrected chi connectivity index (χ3v) is 1.42. The van der Waals surface area contributed by atoms with Gasteiger partial charge < -0.3 is 0 Å². The van der Waals surface area contributed by atoms with E-state index < -0.39 is 0 Å². The molecule has 3 nitrogen and oxygen atoms in total.